The van der Waals surface area contributed by atoms with Gasteiger partial charge in [0.15, 0.2) is 5.11 Å². The number of thiocarbonyl (C=S) groups is 1. The highest BCUT2D eigenvalue weighted by atomic mass is 32.1. The lowest BCUT2D eigenvalue weighted by atomic mass is 10.2. The third-order valence-electron chi connectivity index (χ3n) is 3.15. The number of hydrogen-bond acceptors (Lipinski definition) is 2. The molecule has 0 spiro atoms. The van der Waals surface area contributed by atoms with Crippen LogP contribution < -0.4 is 11.1 Å². The topological polar surface area (TPSA) is 55.9 Å². The molecule has 0 radical (unpaired) electrons. The van der Waals surface area contributed by atoms with Gasteiger partial charge in [0, 0.05) is 5.56 Å². The summed E-state index contributed by atoms with van der Waals surface area (Å²) in [5.74, 6) is 0.918. The van der Waals surface area contributed by atoms with Gasteiger partial charge in [0.1, 0.15) is 5.82 Å². The SMILES string of the molecule is NC(=S)Nc1c2c(nn1-c1ccccc1)CCC2. The molecule has 1 aromatic heterocycles. The summed E-state index contributed by atoms with van der Waals surface area (Å²) in [7, 11) is 0. The van der Waals surface area contributed by atoms with E-state index in [1.165, 1.54) is 5.56 Å². The fraction of sp³-hybridized carbons (Fsp3) is 0.231. The van der Waals surface area contributed by atoms with E-state index in [9.17, 15) is 0 Å². The molecule has 1 aromatic carbocycles. The number of nitrogens with zero attached hydrogens (tertiary/aromatic N) is 2. The van der Waals surface area contributed by atoms with Crippen molar-refractivity contribution in [3.63, 3.8) is 0 Å². The molecule has 0 saturated carbocycles. The molecular formula is C13H14N4S. The lowest BCUT2D eigenvalue weighted by Crippen LogP contribution is -2.21. The summed E-state index contributed by atoms with van der Waals surface area (Å²) >= 11 is 4.95. The number of benzene rings is 1. The number of hydrogen-bond donors (Lipinski definition) is 2. The Hall–Kier alpha value is -1.88. The van der Waals surface area contributed by atoms with Gasteiger partial charge in [-0.25, -0.2) is 4.68 Å². The zero-order chi connectivity index (χ0) is 12.5. The van der Waals surface area contributed by atoms with Gasteiger partial charge in [0.25, 0.3) is 0 Å². The van der Waals surface area contributed by atoms with Gasteiger partial charge in [0.2, 0.25) is 0 Å². The lowest BCUT2D eigenvalue weighted by Gasteiger charge is -2.10. The third-order valence-corrected chi connectivity index (χ3v) is 3.25. The summed E-state index contributed by atoms with van der Waals surface area (Å²) in [6.45, 7) is 0. The highest BCUT2D eigenvalue weighted by Crippen LogP contribution is 2.30. The number of nitrogens with one attached hydrogen (secondary N) is 1. The second-order valence-electron chi connectivity index (χ2n) is 4.36. The van der Waals surface area contributed by atoms with Crippen LogP contribution in [0, 0.1) is 0 Å². The molecule has 0 fully saturated rings. The Bertz CT molecular complexity index is 589. The Morgan fingerprint density at radius 3 is 2.78 bits per heavy atom. The highest BCUT2D eigenvalue weighted by molar-refractivity contribution is 7.80. The van der Waals surface area contributed by atoms with Crippen LogP contribution in [0.25, 0.3) is 5.69 Å². The van der Waals surface area contributed by atoms with Crippen LogP contribution in [0.4, 0.5) is 5.82 Å². The van der Waals surface area contributed by atoms with E-state index in [4.69, 9.17) is 18.0 Å². The summed E-state index contributed by atoms with van der Waals surface area (Å²) in [5.41, 5.74) is 9.02. The Morgan fingerprint density at radius 1 is 1.28 bits per heavy atom. The van der Waals surface area contributed by atoms with Crippen molar-refractivity contribution in [2.24, 2.45) is 5.73 Å². The van der Waals surface area contributed by atoms with Crippen molar-refractivity contribution in [3.8, 4) is 5.69 Å². The Morgan fingerprint density at radius 2 is 2.06 bits per heavy atom. The van der Waals surface area contributed by atoms with Gasteiger partial charge in [-0.2, -0.15) is 5.10 Å². The van der Waals surface area contributed by atoms with Gasteiger partial charge >= 0.3 is 0 Å². The maximum absolute atomic E-state index is 5.60. The summed E-state index contributed by atoms with van der Waals surface area (Å²) in [6.07, 6.45) is 3.22. The second kappa shape index (κ2) is 4.42. The van der Waals surface area contributed by atoms with Crippen molar-refractivity contribution in [2.45, 2.75) is 19.3 Å². The molecule has 2 aromatic rings. The number of fused-ring (bicyclic) bond motifs is 1. The molecule has 1 aliphatic rings. The van der Waals surface area contributed by atoms with Crippen molar-refractivity contribution in [1.82, 2.24) is 9.78 Å². The molecule has 1 heterocycles. The van der Waals surface area contributed by atoms with E-state index in [1.807, 2.05) is 35.0 Å². The Labute approximate surface area is 111 Å². The van der Waals surface area contributed by atoms with E-state index < -0.39 is 0 Å². The quantitative estimate of drug-likeness (QED) is 0.809. The molecule has 5 heteroatoms. The van der Waals surface area contributed by atoms with Crippen LogP contribution in [-0.4, -0.2) is 14.9 Å². The van der Waals surface area contributed by atoms with Crippen LogP contribution in [0.2, 0.25) is 0 Å². The predicted octanol–water partition coefficient (Wildman–Crippen LogP) is 2.02. The lowest BCUT2D eigenvalue weighted by molar-refractivity contribution is 0.807. The monoisotopic (exact) mass is 258 g/mol. The van der Waals surface area contributed by atoms with Crippen molar-refractivity contribution < 1.29 is 0 Å². The minimum Gasteiger partial charge on any atom is -0.376 e. The number of nitrogens with two attached hydrogens (primary N) is 1. The molecule has 0 bridgehead atoms. The predicted molar refractivity (Wildman–Crippen MR) is 76.0 cm³/mol. The number of rotatable bonds is 2. The van der Waals surface area contributed by atoms with E-state index >= 15 is 0 Å². The van der Waals surface area contributed by atoms with Gasteiger partial charge < -0.3 is 11.1 Å². The molecule has 0 amide bonds. The van der Waals surface area contributed by atoms with E-state index in [0.717, 1.165) is 36.5 Å². The van der Waals surface area contributed by atoms with Crippen LogP contribution in [0.3, 0.4) is 0 Å². The third kappa shape index (κ3) is 1.86. The van der Waals surface area contributed by atoms with Crippen LogP contribution >= 0.6 is 12.2 Å². The zero-order valence-electron chi connectivity index (χ0n) is 9.89. The van der Waals surface area contributed by atoms with Gasteiger partial charge in [0.05, 0.1) is 11.4 Å². The summed E-state index contributed by atoms with van der Waals surface area (Å²) < 4.78 is 1.89. The summed E-state index contributed by atoms with van der Waals surface area (Å²) in [4.78, 5) is 0. The fourth-order valence-electron chi connectivity index (χ4n) is 2.39. The highest BCUT2D eigenvalue weighted by Gasteiger charge is 2.22. The van der Waals surface area contributed by atoms with Crippen LogP contribution in [-0.2, 0) is 12.8 Å². The number of aromatic nitrogens is 2. The first-order valence-corrected chi connectivity index (χ1v) is 6.39. The van der Waals surface area contributed by atoms with Crippen molar-refractivity contribution in [1.29, 1.82) is 0 Å². The molecular weight excluding hydrogens is 244 g/mol. The van der Waals surface area contributed by atoms with Gasteiger partial charge in [-0.1, -0.05) is 18.2 Å². The average molecular weight is 258 g/mol. The van der Waals surface area contributed by atoms with E-state index in [-0.39, 0.29) is 5.11 Å². The summed E-state index contributed by atoms with van der Waals surface area (Å²) in [5, 5.41) is 7.99. The molecule has 3 rings (SSSR count). The van der Waals surface area contributed by atoms with Crippen LogP contribution in [0.15, 0.2) is 30.3 Å². The largest absolute Gasteiger partial charge is 0.376 e. The molecule has 4 nitrogen and oxygen atoms in total. The molecule has 1 aliphatic carbocycles. The minimum absolute atomic E-state index is 0.279. The van der Waals surface area contributed by atoms with Crippen molar-refractivity contribution >= 4 is 23.1 Å². The molecule has 92 valence electrons. The maximum Gasteiger partial charge on any atom is 0.169 e. The Kier molecular flexibility index (Phi) is 2.76. The first-order valence-electron chi connectivity index (χ1n) is 5.98. The average Bonchev–Trinajstić information content (AvgIpc) is 2.93. The van der Waals surface area contributed by atoms with Crippen LogP contribution in [0.5, 0.6) is 0 Å². The summed E-state index contributed by atoms with van der Waals surface area (Å²) in [6, 6.07) is 10.0. The van der Waals surface area contributed by atoms with Gasteiger partial charge in [-0.05, 0) is 43.6 Å². The standard InChI is InChI=1S/C13H14N4S/c14-13(18)15-12-10-7-4-8-11(10)16-17(12)9-5-2-1-3-6-9/h1-3,5-6H,4,7-8H2,(H3,14,15,18). The van der Waals surface area contributed by atoms with E-state index in [1.54, 1.807) is 0 Å². The second-order valence-corrected chi connectivity index (χ2v) is 4.80. The first kappa shape index (κ1) is 11.2. The number of para-hydroxylation sites is 1. The number of aryl methyl sites for hydroxylation is 1. The fourth-order valence-corrected chi connectivity index (χ4v) is 2.49. The molecule has 0 atom stereocenters. The molecule has 3 N–H and O–H groups in total. The van der Waals surface area contributed by atoms with E-state index in [0.29, 0.717) is 0 Å². The van der Waals surface area contributed by atoms with Crippen molar-refractivity contribution in [2.75, 3.05) is 5.32 Å². The normalized spacial score (nSPS) is 13.3. The molecule has 0 saturated heterocycles. The smallest absolute Gasteiger partial charge is 0.169 e. The minimum atomic E-state index is 0.279. The van der Waals surface area contributed by atoms with Crippen molar-refractivity contribution in [3.05, 3.63) is 41.6 Å². The molecule has 0 aliphatic heterocycles. The van der Waals surface area contributed by atoms with Crippen LogP contribution in [0.1, 0.15) is 17.7 Å². The Balaban J connectivity index is 2.12. The molecule has 18 heavy (non-hydrogen) atoms. The van der Waals surface area contributed by atoms with Gasteiger partial charge in [-0.3, -0.25) is 0 Å². The molecule has 0 unspecified atom stereocenters. The maximum atomic E-state index is 5.60. The zero-order valence-corrected chi connectivity index (χ0v) is 10.7. The van der Waals surface area contributed by atoms with E-state index in [2.05, 4.69) is 10.4 Å². The van der Waals surface area contributed by atoms with Gasteiger partial charge in [-0.15, -0.1) is 0 Å². The first-order chi connectivity index (χ1) is 8.75. The number of anilines is 1.